The molecule has 0 bridgehead atoms. The third-order valence-corrected chi connectivity index (χ3v) is 7.42. The van der Waals surface area contributed by atoms with Crippen LogP contribution in [0.1, 0.15) is 53.9 Å². The zero-order valence-corrected chi connectivity index (χ0v) is 19.3. The van der Waals surface area contributed by atoms with Gasteiger partial charge in [0.1, 0.15) is 22.2 Å². The van der Waals surface area contributed by atoms with E-state index < -0.39 is 0 Å². The fourth-order valence-corrected chi connectivity index (χ4v) is 5.70. The molecular weight excluding hydrogens is 420 g/mol. The summed E-state index contributed by atoms with van der Waals surface area (Å²) in [6, 6.07) is 0. The highest BCUT2D eigenvalue weighted by Gasteiger charge is 2.23. The van der Waals surface area contributed by atoms with E-state index in [0.29, 0.717) is 22.9 Å². The van der Waals surface area contributed by atoms with Crippen molar-refractivity contribution in [3.8, 4) is 0 Å². The first-order valence-corrected chi connectivity index (χ1v) is 11.8. The fraction of sp³-hybridized carbons (Fsp3) is 0.550. The highest BCUT2D eigenvalue weighted by molar-refractivity contribution is 7.18. The molecular formula is C20H26N6O2S2. The molecule has 0 radical (unpaired) electrons. The minimum atomic E-state index is -0.297. The van der Waals surface area contributed by atoms with Crippen LogP contribution in [-0.2, 0) is 30.7 Å². The average Bonchev–Trinajstić information content (AvgIpc) is 3.28. The Hall–Kier alpha value is -2.17. The van der Waals surface area contributed by atoms with Crippen LogP contribution in [0.5, 0.6) is 0 Å². The molecule has 0 saturated heterocycles. The lowest BCUT2D eigenvalue weighted by Gasteiger charge is -2.16. The first-order valence-electron chi connectivity index (χ1n) is 10.2. The number of nitrogens with zero attached hydrogens (tertiary/aromatic N) is 5. The molecule has 1 aliphatic carbocycles. The molecule has 0 saturated carbocycles. The summed E-state index contributed by atoms with van der Waals surface area (Å²) in [5.41, 5.74) is 1.02. The number of nitrogens with one attached hydrogen (secondary N) is 1. The van der Waals surface area contributed by atoms with Crippen LogP contribution in [0.4, 0.5) is 5.13 Å². The summed E-state index contributed by atoms with van der Waals surface area (Å²) >= 11 is 2.99. The lowest BCUT2D eigenvalue weighted by atomic mass is 9.97. The lowest BCUT2D eigenvalue weighted by Crippen LogP contribution is -2.33. The Morgan fingerprint density at radius 1 is 1.20 bits per heavy atom. The largest absolute Gasteiger partial charge is 0.302 e. The molecule has 1 N–H and O–H groups in total. The van der Waals surface area contributed by atoms with Gasteiger partial charge in [-0.15, -0.1) is 21.5 Å². The van der Waals surface area contributed by atoms with Crippen LogP contribution in [0.15, 0.2) is 4.79 Å². The number of hydrogen-bond acceptors (Lipinski definition) is 8. The molecule has 0 atom stereocenters. The average molecular weight is 447 g/mol. The zero-order chi connectivity index (χ0) is 21.4. The highest BCUT2D eigenvalue weighted by Crippen LogP contribution is 2.33. The fourth-order valence-electron chi connectivity index (χ4n) is 3.67. The number of aryl methyl sites for hydroxylation is 2. The Kier molecular flexibility index (Phi) is 5.99. The molecule has 3 aromatic heterocycles. The number of aromatic nitrogens is 4. The van der Waals surface area contributed by atoms with E-state index in [0.717, 1.165) is 41.1 Å². The summed E-state index contributed by atoms with van der Waals surface area (Å²) in [7, 11) is 3.85. The summed E-state index contributed by atoms with van der Waals surface area (Å²) in [6.45, 7) is 4.45. The van der Waals surface area contributed by atoms with Crippen LogP contribution in [0.2, 0.25) is 0 Å². The number of carbonyl (C=O) groups is 1. The minimum Gasteiger partial charge on any atom is -0.302 e. The van der Waals surface area contributed by atoms with Crippen molar-refractivity contribution in [1.82, 2.24) is 24.6 Å². The molecule has 3 aromatic rings. The molecule has 160 valence electrons. The second-order valence-corrected chi connectivity index (χ2v) is 10.3. The molecule has 1 amide bonds. The molecule has 1 aliphatic rings. The first-order chi connectivity index (χ1) is 14.3. The number of carbonyl (C=O) groups excluding carboxylic acids is 1. The van der Waals surface area contributed by atoms with Crippen molar-refractivity contribution in [1.29, 1.82) is 0 Å². The van der Waals surface area contributed by atoms with Gasteiger partial charge in [-0.2, -0.15) is 0 Å². The summed E-state index contributed by atoms with van der Waals surface area (Å²) < 4.78 is 1.52. The number of rotatable bonds is 6. The SMILES string of the molecule is CC(C)c1nnc(NC(=O)Cn2c(CN(C)C)nc3sc4c(c3c2=O)CCCC4)s1. The van der Waals surface area contributed by atoms with Crippen molar-refractivity contribution < 1.29 is 4.79 Å². The predicted molar refractivity (Wildman–Crippen MR) is 121 cm³/mol. The van der Waals surface area contributed by atoms with Crippen LogP contribution >= 0.6 is 22.7 Å². The maximum absolute atomic E-state index is 13.5. The van der Waals surface area contributed by atoms with Crippen molar-refractivity contribution in [2.75, 3.05) is 19.4 Å². The number of amides is 1. The van der Waals surface area contributed by atoms with E-state index >= 15 is 0 Å². The zero-order valence-electron chi connectivity index (χ0n) is 17.7. The third-order valence-electron chi connectivity index (χ3n) is 5.09. The Labute approximate surface area is 183 Å². The van der Waals surface area contributed by atoms with Gasteiger partial charge in [0.2, 0.25) is 11.0 Å². The maximum atomic E-state index is 13.5. The maximum Gasteiger partial charge on any atom is 0.263 e. The summed E-state index contributed by atoms with van der Waals surface area (Å²) in [5, 5.41) is 12.9. The van der Waals surface area contributed by atoms with Gasteiger partial charge in [-0.3, -0.25) is 19.5 Å². The molecule has 0 aliphatic heterocycles. The van der Waals surface area contributed by atoms with Gasteiger partial charge >= 0.3 is 0 Å². The van der Waals surface area contributed by atoms with Crippen molar-refractivity contribution >= 4 is 43.9 Å². The summed E-state index contributed by atoms with van der Waals surface area (Å²) in [4.78, 5) is 35.0. The van der Waals surface area contributed by atoms with Gasteiger partial charge in [-0.1, -0.05) is 25.2 Å². The lowest BCUT2D eigenvalue weighted by molar-refractivity contribution is -0.116. The normalized spacial score (nSPS) is 13.9. The standard InChI is InChI=1S/C20H26N6O2S2/c1-11(2)17-23-24-20(30-17)22-15(27)10-26-14(9-25(3)4)21-18-16(19(26)28)12-7-5-6-8-13(12)29-18/h11H,5-10H2,1-4H3,(H,22,24,27). The van der Waals surface area contributed by atoms with E-state index in [4.69, 9.17) is 4.98 Å². The van der Waals surface area contributed by atoms with Crippen LogP contribution in [0, 0.1) is 0 Å². The van der Waals surface area contributed by atoms with Gasteiger partial charge in [0.25, 0.3) is 5.56 Å². The van der Waals surface area contributed by atoms with E-state index in [9.17, 15) is 9.59 Å². The van der Waals surface area contributed by atoms with Gasteiger partial charge in [-0.05, 0) is 45.3 Å². The topological polar surface area (TPSA) is 93.0 Å². The van der Waals surface area contributed by atoms with Crippen LogP contribution in [0.3, 0.4) is 0 Å². The monoisotopic (exact) mass is 446 g/mol. The Morgan fingerprint density at radius 3 is 2.67 bits per heavy atom. The molecule has 8 nitrogen and oxygen atoms in total. The van der Waals surface area contributed by atoms with Crippen molar-refractivity contribution in [3.05, 3.63) is 31.6 Å². The smallest absolute Gasteiger partial charge is 0.263 e. The van der Waals surface area contributed by atoms with Gasteiger partial charge < -0.3 is 4.90 Å². The molecule has 0 spiro atoms. The van der Waals surface area contributed by atoms with Crippen LogP contribution in [0.25, 0.3) is 10.2 Å². The predicted octanol–water partition coefficient (Wildman–Crippen LogP) is 3.01. The molecule has 10 heteroatoms. The second kappa shape index (κ2) is 8.52. The van der Waals surface area contributed by atoms with E-state index in [-0.39, 0.29) is 23.9 Å². The van der Waals surface area contributed by atoms with Crippen molar-refractivity contribution in [2.45, 2.75) is 58.5 Å². The van der Waals surface area contributed by atoms with Crippen molar-refractivity contribution in [2.24, 2.45) is 0 Å². The first kappa shape index (κ1) is 21.1. The van der Waals surface area contributed by atoms with E-state index in [1.165, 1.54) is 20.8 Å². The quantitative estimate of drug-likeness (QED) is 0.626. The Balaban J connectivity index is 1.69. The number of thiophene rings is 1. The van der Waals surface area contributed by atoms with E-state index in [1.807, 2.05) is 32.8 Å². The summed E-state index contributed by atoms with van der Waals surface area (Å²) in [5.74, 6) is 0.555. The Bertz CT molecular complexity index is 1140. The third kappa shape index (κ3) is 4.17. The molecule has 0 unspecified atom stereocenters. The number of fused-ring (bicyclic) bond motifs is 3. The molecule has 0 fully saturated rings. The van der Waals surface area contributed by atoms with Crippen LogP contribution < -0.4 is 10.9 Å². The van der Waals surface area contributed by atoms with Gasteiger partial charge in [0.15, 0.2) is 0 Å². The Morgan fingerprint density at radius 2 is 1.97 bits per heavy atom. The van der Waals surface area contributed by atoms with E-state index in [2.05, 4.69) is 15.5 Å². The molecule has 30 heavy (non-hydrogen) atoms. The number of anilines is 1. The second-order valence-electron chi connectivity index (χ2n) is 8.20. The van der Waals surface area contributed by atoms with Crippen molar-refractivity contribution in [3.63, 3.8) is 0 Å². The minimum absolute atomic E-state index is 0.0911. The van der Waals surface area contributed by atoms with Gasteiger partial charge in [0, 0.05) is 10.8 Å². The summed E-state index contributed by atoms with van der Waals surface area (Å²) in [6.07, 6.45) is 4.16. The van der Waals surface area contributed by atoms with Gasteiger partial charge in [-0.25, -0.2) is 4.98 Å². The molecule has 3 heterocycles. The highest BCUT2D eigenvalue weighted by atomic mass is 32.1. The molecule has 0 aromatic carbocycles. The molecule has 4 rings (SSSR count). The number of hydrogen-bond donors (Lipinski definition) is 1. The van der Waals surface area contributed by atoms with Crippen LogP contribution in [-0.4, -0.2) is 44.7 Å². The van der Waals surface area contributed by atoms with Gasteiger partial charge in [0.05, 0.1) is 11.9 Å². The van der Waals surface area contributed by atoms with E-state index in [1.54, 1.807) is 11.3 Å².